The molecule has 1 atom stereocenters. The summed E-state index contributed by atoms with van der Waals surface area (Å²) in [5.41, 5.74) is 4.15. The average Bonchev–Trinajstić information content (AvgIpc) is 3.50. The minimum absolute atomic E-state index is 0.0492. The van der Waals surface area contributed by atoms with Crippen molar-refractivity contribution in [1.29, 1.82) is 0 Å². The van der Waals surface area contributed by atoms with Crippen molar-refractivity contribution in [2.75, 3.05) is 25.2 Å². The lowest BCUT2D eigenvalue weighted by molar-refractivity contribution is -0.117. The third-order valence-electron chi connectivity index (χ3n) is 6.95. The quantitative estimate of drug-likeness (QED) is 0.144. The summed E-state index contributed by atoms with van der Waals surface area (Å²) in [5, 5.41) is 0. The first kappa shape index (κ1) is 26.0. The van der Waals surface area contributed by atoms with Crippen LogP contribution in [0.1, 0.15) is 36.6 Å². The average molecular weight is 575 g/mol. The topological polar surface area (TPSA) is 56.6 Å². The van der Waals surface area contributed by atoms with Crippen LogP contribution < -0.4 is 14.4 Å². The highest BCUT2D eigenvalue weighted by molar-refractivity contribution is 9.10. The number of amides is 1. The lowest BCUT2D eigenvalue weighted by Gasteiger charge is -2.17. The summed E-state index contributed by atoms with van der Waals surface area (Å²) in [5.74, 6) is 2.67. The molecule has 1 aliphatic rings. The molecular formula is C31H32BrN3O3. The monoisotopic (exact) mass is 573 g/mol. The molecule has 1 fully saturated rings. The van der Waals surface area contributed by atoms with E-state index < -0.39 is 0 Å². The van der Waals surface area contributed by atoms with Gasteiger partial charge in [0.05, 0.1) is 24.8 Å². The number of benzene rings is 3. The zero-order chi connectivity index (χ0) is 26.5. The Morgan fingerprint density at radius 1 is 1.08 bits per heavy atom. The van der Waals surface area contributed by atoms with Crippen molar-refractivity contribution in [3.05, 3.63) is 95.2 Å². The van der Waals surface area contributed by atoms with Gasteiger partial charge in [0.25, 0.3) is 0 Å². The molecule has 1 aliphatic heterocycles. The summed E-state index contributed by atoms with van der Waals surface area (Å²) in [6, 6.07) is 22.1. The number of para-hydroxylation sites is 2. The number of fused-ring (bicyclic) bond motifs is 1. The van der Waals surface area contributed by atoms with Gasteiger partial charge in [0.2, 0.25) is 5.91 Å². The van der Waals surface area contributed by atoms with Crippen LogP contribution >= 0.6 is 15.9 Å². The Hall–Kier alpha value is -3.58. The smallest absolute Gasteiger partial charge is 0.227 e. The second kappa shape index (κ2) is 11.9. The lowest BCUT2D eigenvalue weighted by atomic mass is 10.1. The van der Waals surface area contributed by atoms with Gasteiger partial charge in [0, 0.05) is 35.6 Å². The molecule has 1 aromatic heterocycles. The minimum Gasteiger partial charge on any atom is -0.493 e. The molecule has 0 aliphatic carbocycles. The van der Waals surface area contributed by atoms with E-state index in [0.29, 0.717) is 19.6 Å². The van der Waals surface area contributed by atoms with Gasteiger partial charge in [-0.05, 0) is 73.4 Å². The summed E-state index contributed by atoms with van der Waals surface area (Å²) in [6.45, 7) is 5.85. The fourth-order valence-electron chi connectivity index (χ4n) is 5.07. The predicted molar refractivity (Wildman–Crippen MR) is 155 cm³/mol. The zero-order valence-corrected chi connectivity index (χ0v) is 23.2. The van der Waals surface area contributed by atoms with Gasteiger partial charge in [-0.15, -0.1) is 6.58 Å². The number of anilines is 1. The molecule has 1 unspecified atom stereocenters. The standard InChI is InChI=1S/C31H32BrN3O3/c1-3-8-22-11-16-28(29(19-22)37-2)38-18-7-6-17-34-27-10-5-4-9-26(27)33-31(34)23-20-30(36)35(21-23)25-14-12-24(32)13-15-25/h3-5,9-16,19,23H,1,6-8,17-18,20-21H2,2H3. The van der Waals surface area contributed by atoms with Gasteiger partial charge in [-0.1, -0.05) is 40.2 Å². The Balaban J connectivity index is 1.26. The number of unbranched alkanes of at least 4 members (excludes halogenated alkanes) is 1. The van der Waals surface area contributed by atoms with E-state index in [4.69, 9.17) is 14.5 Å². The van der Waals surface area contributed by atoms with Crippen molar-refractivity contribution in [3.63, 3.8) is 0 Å². The molecule has 6 nitrogen and oxygen atoms in total. The second-order valence-electron chi connectivity index (χ2n) is 9.53. The van der Waals surface area contributed by atoms with E-state index in [9.17, 15) is 4.79 Å². The van der Waals surface area contributed by atoms with Crippen molar-refractivity contribution in [3.8, 4) is 11.5 Å². The maximum absolute atomic E-state index is 13.0. The third kappa shape index (κ3) is 5.63. The number of hydrogen-bond donors (Lipinski definition) is 0. The van der Waals surface area contributed by atoms with E-state index in [-0.39, 0.29) is 11.8 Å². The molecule has 3 aromatic carbocycles. The van der Waals surface area contributed by atoms with E-state index in [1.54, 1.807) is 7.11 Å². The Morgan fingerprint density at radius 2 is 1.89 bits per heavy atom. The lowest BCUT2D eigenvalue weighted by Crippen LogP contribution is -2.24. The summed E-state index contributed by atoms with van der Waals surface area (Å²) in [6.07, 6.45) is 4.96. The normalized spacial score (nSPS) is 15.3. The van der Waals surface area contributed by atoms with Gasteiger partial charge in [-0.2, -0.15) is 0 Å². The van der Waals surface area contributed by atoms with Gasteiger partial charge < -0.3 is 18.9 Å². The predicted octanol–water partition coefficient (Wildman–Crippen LogP) is 6.92. The molecule has 38 heavy (non-hydrogen) atoms. The number of ether oxygens (including phenoxy) is 2. The van der Waals surface area contributed by atoms with E-state index in [0.717, 1.165) is 69.9 Å². The molecule has 2 heterocycles. The molecule has 0 saturated carbocycles. The van der Waals surface area contributed by atoms with E-state index in [1.807, 2.05) is 71.6 Å². The number of hydrogen-bond acceptors (Lipinski definition) is 4. The summed E-state index contributed by atoms with van der Waals surface area (Å²) < 4.78 is 14.9. The number of carbonyl (C=O) groups is 1. The number of aryl methyl sites for hydroxylation is 1. The largest absolute Gasteiger partial charge is 0.493 e. The molecule has 4 aromatic rings. The Labute approximate surface area is 232 Å². The van der Waals surface area contributed by atoms with Crippen LogP contribution in [0.15, 0.2) is 83.9 Å². The molecule has 1 saturated heterocycles. The van der Waals surface area contributed by atoms with E-state index in [2.05, 4.69) is 33.1 Å². The molecule has 0 radical (unpaired) electrons. The van der Waals surface area contributed by atoms with Crippen molar-refractivity contribution in [2.45, 2.75) is 38.1 Å². The Kier molecular flexibility index (Phi) is 8.13. The van der Waals surface area contributed by atoms with Crippen molar-refractivity contribution < 1.29 is 14.3 Å². The van der Waals surface area contributed by atoms with E-state index >= 15 is 0 Å². The van der Waals surface area contributed by atoms with Crippen molar-refractivity contribution in [2.24, 2.45) is 0 Å². The van der Waals surface area contributed by atoms with E-state index in [1.165, 1.54) is 0 Å². The van der Waals surface area contributed by atoms with Crippen LogP contribution in [0.3, 0.4) is 0 Å². The van der Waals surface area contributed by atoms with Gasteiger partial charge in [-0.25, -0.2) is 4.98 Å². The highest BCUT2D eigenvalue weighted by atomic mass is 79.9. The first-order valence-electron chi connectivity index (χ1n) is 13.0. The fraction of sp³-hybridized carbons (Fsp3) is 0.290. The molecule has 5 rings (SSSR count). The molecular weight excluding hydrogens is 542 g/mol. The molecule has 196 valence electrons. The first-order valence-corrected chi connectivity index (χ1v) is 13.8. The van der Waals surface area contributed by atoms with Crippen LogP contribution in [-0.4, -0.2) is 35.7 Å². The van der Waals surface area contributed by atoms with Crippen molar-refractivity contribution in [1.82, 2.24) is 9.55 Å². The summed E-state index contributed by atoms with van der Waals surface area (Å²) >= 11 is 3.48. The molecule has 0 N–H and O–H groups in total. The molecule has 0 spiro atoms. The molecule has 0 bridgehead atoms. The number of aromatic nitrogens is 2. The summed E-state index contributed by atoms with van der Waals surface area (Å²) in [4.78, 5) is 19.8. The van der Waals surface area contributed by atoms with Gasteiger partial charge >= 0.3 is 0 Å². The number of carbonyl (C=O) groups excluding carboxylic acids is 1. The minimum atomic E-state index is 0.0492. The number of allylic oxidation sites excluding steroid dienone is 1. The Bertz CT molecular complexity index is 1430. The van der Waals surface area contributed by atoms with Gasteiger partial charge in [0.1, 0.15) is 5.82 Å². The first-order chi connectivity index (χ1) is 18.6. The third-order valence-corrected chi connectivity index (χ3v) is 7.48. The number of rotatable bonds is 11. The van der Waals surface area contributed by atoms with Crippen LogP contribution in [0, 0.1) is 0 Å². The maximum Gasteiger partial charge on any atom is 0.227 e. The fourth-order valence-corrected chi connectivity index (χ4v) is 5.34. The SMILES string of the molecule is C=CCc1ccc(OCCCCn2c(C3CC(=O)N(c4ccc(Br)cc4)C3)nc3ccccc32)c(OC)c1. The van der Waals surface area contributed by atoms with Crippen LogP contribution in [0.5, 0.6) is 11.5 Å². The number of methoxy groups -OCH3 is 1. The number of imidazole rings is 1. The highest BCUT2D eigenvalue weighted by Crippen LogP contribution is 2.34. The second-order valence-corrected chi connectivity index (χ2v) is 10.4. The highest BCUT2D eigenvalue weighted by Gasteiger charge is 2.34. The number of halogens is 1. The van der Waals surface area contributed by atoms with Crippen molar-refractivity contribution >= 4 is 38.6 Å². The maximum atomic E-state index is 13.0. The molecule has 1 amide bonds. The summed E-state index contributed by atoms with van der Waals surface area (Å²) in [7, 11) is 1.66. The Morgan fingerprint density at radius 3 is 2.68 bits per heavy atom. The molecule has 7 heteroatoms. The van der Waals surface area contributed by atoms with Gasteiger partial charge in [-0.3, -0.25) is 4.79 Å². The van der Waals surface area contributed by atoms with Crippen LogP contribution in [-0.2, 0) is 17.8 Å². The van der Waals surface area contributed by atoms with Gasteiger partial charge in [0.15, 0.2) is 11.5 Å². The van der Waals surface area contributed by atoms with Crippen LogP contribution in [0.4, 0.5) is 5.69 Å². The number of nitrogens with zero attached hydrogens (tertiary/aromatic N) is 3. The van der Waals surface area contributed by atoms with Crippen LogP contribution in [0.25, 0.3) is 11.0 Å². The zero-order valence-electron chi connectivity index (χ0n) is 21.6. The van der Waals surface area contributed by atoms with Crippen LogP contribution in [0.2, 0.25) is 0 Å².